The van der Waals surface area contributed by atoms with Crippen LogP contribution in [0.15, 0.2) is 18.2 Å². The molecule has 0 aromatic carbocycles. The van der Waals surface area contributed by atoms with E-state index in [9.17, 15) is 5.26 Å². The first-order chi connectivity index (χ1) is 12.0. The maximum atomic E-state index is 9.45. The average Bonchev–Trinajstić information content (AvgIpc) is 2.91. The fraction of sp³-hybridized carbons (Fsp3) is 0.294. The Bertz CT molecular complexity index is 971. The number of hydrogen-bond acceptors (Lipinski definition) is 6. The highest BCUT2D eigenvalue weighted by atomic mass is 79.9. The van der Waals surface area contributed by atoms with Crippen molar-refractivity contribution in [3.8, 4) is 6.07 Å². The van der Waals surface area contributed by atoms with Gasteiger partial charge in [0.25, 0.3) is 0 Å². The first kappa shape index (κ1) is 17.2. The van der Waals surface area contributed by atoms with Crippen LogP contribution < -0.4 is 11.1 Å². The van der Waals surface area contributed by atoms with E-state index in [0.717, 1.165) is 34.4 Å². The molecule has 3 aromatic heterocycles. The van der Waals surface area contributed by atoms with Gasteiger partial charge in [-0.15, -0.1) is 0 Å². The number of pyridine rings is 1. The number of rotatable bonds is 5. The van der Waals surface area contributed by atoms with Crippen LogP contribution in [0.25, 0.3) is 5.65 Å². The van der Waals surface area contributed by atoms with Crippen LogP contribution in [0.2, 0.25) is 0 Å². The number of nitrogens with one attached hydrogen (secondary N) is 1. The summed E-state index contributed by atoms with van der Waals surface area (Å²) in [6.45, 7) is 4.43. The number of halogens is 1. The van der Waals surface area contributed by atoms with Gasteiger partial charge >= 0.3 is 0 Å². The zero-order chi connectivity index (χ0) is 18.0. The summed E-state index contributed by atoms with van der Waals surface area (Å²) in [7, 11) is 0. The Morgan fingerprint density at radius 3 is 2.76 bits per heavy atom. The van der Waals surface area contributed by atoms with E-state index in [4.69, 9.17) is 5.73 Å². The summed E-state index contributed by atoms with van der Waals surface area (Å²) >= 11 is 3.41. The molecule has 0 radical (unpaired) electrons. The van der Waals surface area contributed by atoms with E-state index < -0.39 is 0 Å². The van der Waals surface area contributed by atoms with E-state index in [1.807, 2.05) is 32.0 Å². The molecule has 0 amide bonds. The maximum Gasteiger partial charge on any atom is 0.162 e. The molecule has 0 saturated carbocycles. The van der Waals surface area contributed by atoms with Crippen molar-refractivity contribution in [1.29, 1.82) is 5.26 Å². The standard InChI is InChI=1S/C17H18BrN7/c1-10-11(2)24-25-15(20)14(9-19)16(23-17(10)25)21-7-6-12-4-3-5-13(8-18)22-12/h3-5H,6-8,20H2,1-2H3,(H,21,23). The lowest BCUT2D eigenvalue weighted by atomic mass is 10.2. The third-order valence-corrected chi connectivity index (χ3v) is 4.63. The Morgan fingerprint density at radius 2 is 2.04 bits per heavy atom. The second kappa shape index (κ2) is 7.07. The van der Waals surface area contributed by atoms with E-state index in [2.05, 4.69) is 42.4 Å². The van der Waals surface area contributed by atoms with Crippen molar-refractivity contribution >= 4 is 33.2 Å². The summed E-state index contributed by atoms with van der Waals surface area (Å²) in [6.07, 6.45) is 0.718. The molecule has 3 rings (SSSR count). The summed E-state index contributed by atoms with van der Waals surface area (Å²) in [6, 6.07) is 8.06. The largest absolute Gasteiger partial charge is 0.382 e. The molecule has 0 spiro atoms. The van der Waals surface area contributed by atoms with Gasteiger partial charge in [0, 0.05) is 29.6 Å². The fourth-order valence-corrected chi connectivity index (χ4v) is 2.88. The van der Waals surface area contributed by atoms with Gasteiger partial charge in [-0.05, 0) is 26.0 Å². The van der Waals surface area contributed by atoms with Crippen LogP contribution >= 0.6 is 15.9 Å². The topological polar surface area (TPSA) is 105 Å². The summed E-state index contributed by atoms with van der Waals surface area (Å²) in [5, 5.41) is 17.7. The van der Waals surface area contributed by atoms with E-state index in [-0.39, 0.29) is 0 Å². The highest BCUT2D eigenvalue weighted by molar-refractivity contribution is 9.08. The third-order valence-electron chi connectivity index (χ3n) is 4.05. The van der Waals surface area contributed by atoms with Crippen molar-refractivity contribution in [3.63, 3.8) is 0 Å². The zero-order valence-corrected chi connectivity index (χ0v) is 15.6. The van der Waals surface area contributed by atoms with Crippen molar-refractivity contribution in [3.05, 3.63) is 46.4 Å². The number of anilines is 2. The average molecular weight is 400 g/mol. The van der Waals surface area contributed by atoms with Gasteiger partial charge in [0.2, 0.25) is 0 Å². The van der Waals surface area contributed by atoms with Crippen LogP contribution in [0.4, 0.5) is 11.6 Å². The lowest BCUT2D eigenvalue weighted by Gasteiger charge is -2.10. The van der Waals surface area contributed by atoms with Gasteiger partial charge in [-0.2, -0.15) is 14.9 Å². The van der Waals surface area contributed by atoms with Crippen molar-refractivity contribution in [2.24, 2.45) is 0 Å². The van der Waals surface area contributed by atoms with Gasteiger partial charge in [0.05, 0.1) is 11.4 Å². The highest BCUT2D eigenvalue weighted by Gasteiger charge is 2.16. The first-order valence-electron chi connectivity index (χ1n) is 7.85. The molecule has 0 bridgehead atoms. The minimum Gasteiger partial charge on any atom is -0.382 e. The Labute approximate surface area is 154 Å². The van der Waals surface area contributed by atoms with Crippen LogP contribution in [0.5, 0.6) is 0 Å². The Hall–Kier alpha value is -2.66. The minimum absolute atomic E-state index is 0.297. The highest BCUT2D eigenvalue weighted by Crippen LogP contribution is 2.24. The Kier molecular flexibility index (Phi) is 4.86. The molecule has 3 aromatic rings. The summed E-state index contributed by atoms with van der Waals surface area (Å²) < 4.78 is 1.52. The van der Waals surface area contributed by atoms with Gasteiger partial charge in [-0.25, -0.2) is 4.98 Å². The SMILES string of the molecule is Cc1nn2c(N)c(C#N)c(NCCc3cccc(CBr)n3)nc2c1C. The molecule has 0 unspecified atom stereocenters. The summed E-state index contributed by atoms with van der Waals surface area (Å²) in [5.74, 6) is 0.776. The van der Waals surface area contributed by atoms with Crippen molar-refractivity contribution in [2.75, 3.05) is 17.6 Å². The molecule has 7 nitrogen and oxygen atoms in total. The lowest BCUT2D eigenvalue weighted by Crippen LogP contribution is -2.13. The van der Waals surface area contributed by atoms with E-state index in [1.54, 1.807) is 0 Å². The lowest BCUT2D eigenvalue weighted by molar-refractivity contribution is 0.912. The van der Waals surface area contributed by atoms with Gasteiger partial charge in [0.15, 0.2) is 5.65 Å². The molecule has 25 heavy (non-hydrogen) atoms. The molecule has 0 saturated heterocycles. The zero-order valence-electron chi connectivity index (χ0n) is 14.0. The van der Waals surface area contributed by atoms with Crippen LogP contribution in [0.3, 0.4) is 0 Å². The minimum atomic E-state index is 0.297. The summed E-state index contributed by atoms with van der Waals surface area (Å²) in [4.78, 5) is 9.09. The number of alkyl halides is 1. The molecule has 8 heteroatoms. The molecule has 0 fully saturated rings. The monoisotopic (exact) mass is 399 g/mol. The predicted octanol–water partition coefficient (Wildman–Crippen LogP) is 2.74. The van der Waals surface area contributed by atoms with Gasteiger partial charge < -0.3 is 11.1 Å². The van der Waals surface area contributed by atoms with Crippen LogP contribution in [-0.2, 0) is 11.8 Å². The van der Waals surface area contributed by atoms with Gasteiger partial charge in [-0.1, -0.05) is 22.0 Å². The number of fused-ring (bicyclic) bond motifs is 1. The number of nitrogens with zero attached hydrogens (tertiary/aromatic N) is 5. The predicted molar refractivity (Wildman–Crippen MR) is 101 cm³/mol. The van der Waals surface area contributed by atoms with E-state index in [0.29, 0.717) is 29.4 Å². The maximum absolute atomic E-state index is 9.45. The molecule has 0 atom stereocenters. The van der Waals surface area contributed by atoms with Gasteiger partial charge in [0.1, 0.15) is 23.3 Å². The van der Waals surface area contributed by atoms with Gasteiger partial charge in [-0.3, -0.25) is 4.98 Å². The van der Waals surface area contributed by atoms with Crippen LogP contribution in [-0.4, -0.2) is 26.1 Å². The number of aryl methyl sites for hydroxylation is 2. The second-order valence-electron chi connectivity index (χ2n) is 5.71. The number of nitrogen functional groups attached to an aromatic ring is 1. The van der Waals surface area contributed by atoms with E-state index in [1.165, 1.54) is 4.52 Å². The first-order valence-corrected chi connectivity index (χ1v) is 8.97. The molecule has 0 aliphatic carbocycles. The molecular formula is C17H18BrN7. The number of nitrogens with two attached hydrogens (primary N) is 1. The molecule has 128 valence electrons. The molecule has 0 aliphatic heterocycles. The number of nitriles is 1. The normalized spacial score (nSPS) is 10.8. The molecule has 3 N–H and O–H groups in total. The third kappa shape index (κ3) is 3.28. The Morgan fingerprint density at radius 1 is 1.28 bits per heavy atom. The summed E-state index contributed by atoms with van der Waals surface area (Å²) in [5.41, 5.74) is 10.8. The molecule has 0 aliphatic rings. The van der Waals surface area contributed by atoms with Crippen molar-refractivity contribution in [2.45, 2.75) is 25.6 Å². The van der Waals surface area contributed by atoms with Crippen LogP contribution in [0.1, 0.15) is 28.2 Å². The number of hydrogen-bond donors (Lipinski definition) is 2. The second-order valence-corrected chi connectivity index (χ2v) is 6.27. The molecular weight excluding hydrogens is 382 g/mol. The Balaban J connectivity index is 1.85. The molecule has 3 heterocycles. The van der Waals surface area contributed by atoms with Crippen LogP contribution in [0, 0.1) is 25.2 Å². The smallest absolute Gasteiger partial charge is 0.162 e. The van der Waals surface area contributed by atoms with Crippen molar-refractivity contribution < 1.29 is 0 Å². The number of aromatic nitrogens is 4. The van der Waals surface area contributed by atoms with Crippen molar-refractivity contribution in [1.82, 2.24) is 19.6 Å². The van der Waals surface area contributed by atoms with E-state index >= 15 is 0 Å². The quantitative estimate of drug-likeness (QED) is 0.638. The fourth-order valence-electron chi connectivity index (χ4n) is 2.57.